The molecule has 0 fully saturated rings. The zero-order valence-electron chi connectivity index (χ0n) is 11.6. The maximum Gasteiger partial charge on any atom is 0.234 e. The zero-order chi connectivity index (χ0) is 13.5. The highest BCUT2D eigenvalue weighted by Crippen LogP contribution is 2.03. The number of rotatable bonds is 6. The van der Waals surface area contributed by atoms with Crippen LogP contribution in [0.4, 0.5) is 0 Å². The van der Waals surface area contributed by atoms with Gasteiger partial charge in [0.2, 0.25) is 18.1 Å². The van der Waals surface area contributed by atoms with Crippen molar-refractivity contribution in [2.24, 2.45) is 0 Å². The summed E-state index contributed by atoms with van der Waals surface area (Å²) in [7, 11) is -1.75. The Kier molecular flexibility index (Phi) is 5.57. The van der Waals surface area contributed by atoms with E-state index in [4.69, 9.17) is 4.12 Å². The van der Waals surface area contributed by atoms with Crippen LogP contribution in [-0.4, -0.2) is 18.1 Å². The standard InChI is InChI=1S/C16H20OSi2/c1-3-18(15-11-7-5-8-12-15)17-19(4-2)16-13-9-6-10-14-16/h5-14H,3-4H2,1-2H3. The first kappa shape index (κ1) is 14.2. The second kappa shape index (κ2) is 7.43. The summed E-state index contributed by atoms with van der Waals surface area (Å²) in [4.78, 5) is 0. The SMILES string of the molecule is CC[Si](O[Si](CC)c1ccccc1)c1ccccc1. The number of benzene rings is 2. The average molecular weight is 285 g/mol. The molecule has 0 aromatic heterocycles. The minimum Gasteiger partial charge on any atom is -0.449 e. The molecule has 2 aromatic rings. The van der Waals surface area contributed by atoms with Crippen molar-refractivity contribution >= 4 is 28.5 Å². The lowest BCUT2D eigenvalue weighted by Crippen LogP contribution is -2.43. The van der Waals surface area contributed by atoms with Crippen molar-refractivity contribution in [1.82, 2.24) is 0 Å². The predicted octanol–water partition coefficient (Wildman–Crippen LogP) is 2.84. The molecule has 1 nitrogen and oxygen atoms in total. The maximum atomic E-state index is 6.52. The zero-order valence-corrected chi connectivity index (χ0v) is 13.6. The molecule has 0 atom stereocenters. The van der Waals surface area contributed by atoms with Crippen molar-refractivity contribution in [1.29, 1.82) is 0 Å². The minimum absolute atomic E-state index is 0.874. The molecule has 0 aliphatic carbocycles. The fraction of sp³-hybridized carbons (Fsp3) is 0.250. The Morgan fingerprint density at radius 3 is 1.37 bits per heavy atom. The van der Waals surface area contributed by atoms with Gasteiger partial charge in [-0.2, -0.15) is 0 Å². The molecule has 0 heterocycles. The first-order valence-corrected chi connectivity index (χ1v) is 10.1. The van der Waals surface area contributed by atoms with E-state index in [0.29, 0.717) is 0 Å². The molecule has 0 bridgehead atoms. The van der Waals surface area contributed by atoms with Gasteiger partial charge in [0, 0.05) is 0 Å². The summed E-state index contributed by atoms with van der Waals surface area (Å²) < 4.78 is 6.52. The number of hydrogen-bond donors (Lipinski definition) is 0. The van der Waals surface area contributed by atoms with Crippen LogP contribution in [0.1, 0.15) is 13.8 Å². The first-order chi connectivity index (χ1) is 9.35. The highest BCUT2D eigenvalue weighted by molar-refractivity contribution is 6.80. The van der Waals surface area contributed by atoms with Crippen LogP contribution in [0.3, 0.4) is 0 Å². The van der Waals surface area contributed by atoms with E-state index < -0.39 is 18.1 Å². The fourth-order valence-corrected chi connectivity index (χ4v) is 7.30. The summed E-state index contributed by atoms with van der Waals surface area (Å²) in [5, 5.41) is 2.78. The monoisotopic (exact) mass is 284 g/mol. The van der Waals surface area contributed by atoms with E-state index in [9.17, 15) is 0 Å². The third-order valence-electron chi connectivity index (χ3n) is 3.08. The molecule has 0 unspecified atom stereocenters. The topological polar surface area (TPSA) is 9.23 Å². The van der Waals surface area contributed by atoms with Crippen LogP contribution in [0.2, 0.25) is 12.1 Å². The molecule has 0 amide bonds. The predicted molar refractivity (Wildman–Crippen MR) is 85.7 cm³/mol. The van der Waals surface area contributed by atoms with Gasteiger partial charge in [-0.15, -0.1) is 0 Å². The lowest BCUT2D eigenvalue weighted by atomic mass is 10.4. The Hall–Kier alpha value is -1.17. The van der Waals surface area contributed by atoms with Crippen LogP contribution in [0.5, 0.6) is 0 Å². The van der Waals surface area contributed by atoms with Crippen molar-refractivity contribution in [2.75, 3.05) is 0 Å². The van der Waals surface area contributed by atoms with E-state index in [0.717, 1.165) is 12.1 Å². The van der Waals surface area contributed by atoms with E-state index in [-0.39, 0.29) is 0 Å². The summed E-state index contributed by atoms with van der Waals surface area (Å²) in [6, 6.07) is 23.7. The first-order valence-electron chi connectivity index (χ1n) is 6.85. The van der Waals surface area contributed by atoms with E-state index in [1.165, 1.54) is 10.4 Å². The molecule has 0 spiro atoms. The maximum absolute atomic E-state index is 6.52. The molecule has 0 saturated heterocycles. The molecule has 0 N–H and O–H groups in total. The molecule has 0 aliphatic rings. The van der Waals surface area contributed by atoms with Crippen molar-refractivity contribution in [3.8, 4) is 0 Å². The molecule has 2 aromatic carbocycles. The van der Waals surface area contributed by atoms with E-state index >= 15 is 0 Å². The molecule has 98 valence electrons. The highest BCUT2D eigenvalue weighted by atomic mass is 28.4. The quantitative estimate of drug-likeness (QED) is 0.741. The third-order valence-corrected chi connectivity index (χ3v) is 8.29. The Labute approximate surface area is 119 Å². The normalized spacial score (nSPS) is 11.2. The summed E-state index contributed by atoms with van der Waals surface area (Å²) in [6.07, 6.45) is 0. The van der Waals surface area contributed by atoms with Gasteiger partial charge in [0.1, 0.15) is 0 Å². The molecule has 0 saturated carbocycles. The van der Waals surface area contributed by atoms with Crippen LogP contribution in [-0.2, 0) is 4.12 Å². The van der Waals surface area contributed by atoms with Gasteiger partial charge >= 0.3 is 0 Å². The van der Waals surface area contributed by atoms with Crippen molar-refractivity contribution < 1.29 is 4.12 Å². The van der Waals surface area contributed by atoms with Crippen LogP contribution in [0, 0.1) is 0 Å². The van der Waals surface area contributed by atoms with Gasteiger partial charge in [0.15, 0.2) is 0 Å². The van der Waals surface area contributed by atoms with Crippen LogP contribution >= 0.6 is 0 Å². The lowest BCUT2D eigenvalue weighted by molar-refractivity contribution is 0.605. The minimum atomic E-state index is -0.874. The van der Waals surface area contributed by atoms with Crippen molar-refractivity contribution in [3.63, 3.8) is 0 Å². The molecular weight excluding hydrogens is 264 g/mol. The summed E-state index contributed by atoms with van der Waals surface area (Å²) in [5.74, 6) is 0. The summed E-state index contributed by atoms with van der Waals surface area (Å²) >= 11 is 0. The summed E-state index contributed by atoms with van der Waals surface area (Å²) in [6.45, 7) is 4.48. The largest absolute Gasteiger partial charge is 0.449 e. The summed E-state index contributed by atoms with van der Waals surface area (Å²) in [5.41, 5.74) is 0. The van der Waals surface area contributed by atoms with Gasteiger partial charge in [-0.3, -0.25) is 0 Å². The van der Waals surface area contributed by atoms with Gasteiger partial charge < -0.3 is 4.12 Å². The van der Waals surface area contributed by atoms with Crippen LogP contribution in [0.15, 0.2) is 60.7 Å². The second-order valence-corrected chi connectivity index (χ2v) is 9.47. The Morgan fingerprint density at radius 2 is 1.05 bits per heavy atom. The molecule has 0 aliphatic heterocycles. The molecule has 2 radical (unpaired) electrons. The smallest absolute Gasteiger partial charge is 0.234 e. The van der Waals surface area contributed by atoms with Gasteiger partial charge in [-0.05, 0) is 22.5 Å². The molecule has 2 rings (SSSR count). The van der Waals surface area contributed by atoms with E-state index in [1.54, 1.807) is 0 Å². The molecular formula is C16H20OSi2. The third kappa shape index (κ3) is 3.90. The van der Waals surface area contributed by atoms with Gasteiger partial charge in [0.25, 0.3) is 0 Å². The van der Waals surface area contributed by atoms with E-state index in [2.05, 4.69) is 74.5 Å². The van der Waals surface area contributed by atoms with Gasteiger partial charge in [0.05, 0.1) is 0 Å². The van der Waals surface area contributed by atoms with Crippen LogP contribution < -0.4 is 10.4 Å². The second-order valence-electron chi connectivity index (χ2n) is 4.39. The molecule has 19 heavy (non-hydrogen) atoms. The van der Waals surface area contributed by atoms with Crippen molar-refractivity contribution in [2.45, 2.75) is 25.9 Å². The Bertz CT molecular complexity index is 427. The Morgan fingerprint density at radius 1 is 0.684 bits per heavy atom. The fourth-order valence-electron chi connectivity index (χ4n) is 2.07. The van der Waals surface area contributed by atoms with Crippen LogP contribution in [0.25, 0.3) is 0 Å². The molecule has 3 heteroatoms. The average Bonchev–Trinajstić information content (AvgIpc) is 2.50. The highest BCUT2D eigenvalue weighted by Gasteiger charge is 2.21. The van der Waals surface area contributed by atoms with Gasteiger partial charge in [-0.25, -0.2) is 0 Å². The van der Waals surface area contributed by atoms with Crippen molar-refractivity contribution in [3.05, 3.63) is 60.7 Å². The Balaban J connectivity index is 2.13. The van der Waals surface area contributed by atoms with E-state index in [1.807, 2.05) is 0 Å². The number of hydrogen-bond acceptors (Lipinski definition) is 1. The lowest BCUT2D eigenvalue weighted by Gasteiger charge is -2.21. The van der Waals surface area contributed by atoms with Gasteiger partial charge in [-0.1, -0.05) is 74.5 Å².